The number of methoxy groups -OCH3 is 1. The highest BCUT2D eigenvalue weighted by Crippen LogP contribution is 2.30. The number of piperidine rings is 1. The lowest BCUT2D eigenvalue weighted by molar-refractivity contribution is -0.140. The van der Waals surface area contributed by atoms with Gasteiger partial charge in [-0.25, -0.2) is 9.98 Å². The molecule has 1 fully saturated rings. The lowest BCUT2D eigenvalue weighted by Crippen LogP contribution is -2.47. The highest BCUT2D eigenvalue weighted by atomic mass is 32.1. The zero-order chi connectivity index (χ0) is 19.7. The molecule has 6 nitrogen and oxygen atoms in total. The van der Waals surface area contributed by atoms with Crippen LogP contribution in [0.3, 0.4) is 0 Å². The molecule has 1 aliphatic heterocycles. The van der Waals surface area contributed by atoms with E-state index in [9.17, 15) is 13.2 Å². The first-order valence-corrected chi connectivity index (χ1v) is 9.97. The summed E-state index contributed by atoms with van der Waals surface area (Å²) in [6, 6.07) is 0. The van der Waals surface area contributed by atoms with Gasteiger partial charge in [0.1, 0.15) is 5.01 Å². The van der Waals surface area contributed by atoms with Gasteiger partial charge in [-0.15, -0.1) is 11.3 Å². The summed E-state index contributed by atoms with van der Waals surface area (Å²) in [6.07, 6.45) is -1.50. The first kappa shape index (κ1) is 21.9. The molecule has 2 rings (SSSR count). The van der Waals surface area contributed by atoms with E-state index in [0.717, 1.165) is 49.1 Å². The van der Waals surface area contributed by atoms with Gasteiger partial charge in [0, 0.05) is 45.3 Å². The van der Waals surface area contributed by atoms with Crippen molar-refractivity contribution in [1.29, 1.82) is 0 Å². The summed E-state index contributed by atoms with van der Waals surface area (Å²) in [5.74, 6) is 0.707. The Hall–Kier alpha value is -1.39. The van der Waals surface area contributed by atoms with Gasteiger partial charge < -0.3 is 19.7 Å². The van der Waals surface area contributed by atoms with E-state index in [1.807, 2.05) is 6.92 Å². The number of ether oxygens (including phenoxy) is 2. The van der Waals surface area contributed by atoms with Gasteiger partial charge >= 0.3 is 6.18 Å². The number of thiazole rings is 1. The van der Waals surface area contributed by atoms with Crippen molar-refractivity contribution in [2.45, 2.75) is 45.0 Å². The number of hydrogen-bond acceptors (Lipinski definition) is 5. The maximum atomic E-state index is 12.6. The van der Waals surface area contributed by atoms with E-state index in [1.165, 1.54) is 0 Å². The Kier molecular flexibility index (Phi) is 8.78. The summed E-state index contributed by atoms with van der Waals surface area (Å²) in [5, 5.41) is 4.60. The Balaban J connectivity index is 1.86. The summed E-state index contributed by atoms with van der Waals surface area (Å²) in [5.41, 5.74) is -0.853. The smallest absolute Gasteiger partial charge is 0.385 e. The van der Waals surface area contributed by atoms with Gasteiger partial charge in [-0.2, -0.15) is 13.2 Å². The van der Waals surface area contributed by atoms with Gasteiger partial charge in [0.15, 0.2) is 11.7 Å². The Morgan fingerprint density at radius 3 is 2.70 bits per heavy atom. The Labute approximate surface area is 161 Å². The molecule has 0 saturated carbocycles. The lowest BCUT2D eigenvalue weighted by Gasteiger charge is -2.34. The molecular formula is C17H27F3N4O2S. The van der Waals surface area contributed by atoms with E-state index >= 15 is 0 Å². The zero-order valence-corrected chi connectivity index (χ0v) is 16.5. The van der Waals surface area contributed by atoms with Crippen LogP contribution in [0.4, 0.5) is 13.2 Å². The van der Waals surface area contributed by atoms with Crippen LogP contribution in [0, 0.1) is 0 Å². The summed E-state index contributed by atoms with van der Waals surface area (Å²) in [7, 11) is 1.68. The first-order valence-electron chi connectivity index (χ1n) is 9.09. The molecule has 27 heavy (non-hydrogen) atoms. The van der Waals surface area contributed by atoms with E-state index in [-0.39, 0.29) is 12.6 Å². The molecule has 1 saturated heterocycles. The van der Waals surface area contributed by atoms with E-state index in [2.05, 4.69) is 20.2 Å². The number of rotatable bonds is 8. The molecule has 0 atom stereocenters. The van der Waals surface area contributed by atoms with Gasteiger partial charge in [0.05, 0.1) is 12.6 Å². The summed E-state index contributed by atoms with van der Waals surface area (Å²) < 4.78 is 48.8. The normalized spacial score (nSPS) is 16.8. The van der Waals surface area contributed by atoms with Crippen molar-refractivity contribution in [3.8, 4) is 0 Å². The SMILES string of the molecule is CCNC(=NCc1nc(C(F)(F)F)cs1)N1CCC(OCCCOC)CC1. The molecule has 1 aromatic rings. The minimum Gasteiger partial charge on any atom is -0.385 e. The molecule has 0 aliphatic carbocycles. The maximum Gasteiger partial charge on any atom is 0.434 e. The quantitative estimate of drug-likeness (QED) is 0.407. The third kappa shape index (κ3) is 7.27. The van der Waals surface area contributed by atoms with Crippen LogP contribution >= 0.6 is 11.3 Å². The van der Waals surface area contributed by atoms with Gasteiger partial charge in [-0.1, -0.05) is 0 Å². The van der Waals surface area contributed by atoms with Gasteiger partial charge in [0.25, 0.3) is 0 Å². The molecule has 1 aliphatic rings. The van der Waals surface area contributed by atoms with Crippen molar-refractivity contribution >= 4 is 17.3 Å². The number of nitrogens with one attached hydrogen (secondary N) is 1. The first-order chi connectivity index (χ1) is 12.9. The van der Waals surface area contributed by atoms with Crippen molar-refractivity contribution in [2.75, 3.05) is 40.0 Å². The van der Waals surface area contributed by atoms with Crippen molar-refractivity contribution in [2.24, 2.45) is 4.99 Å². The molecule has 10 heteroatoms. The number of aliphatic imine (C=N–C) groups is 1. The number of alkyl halides is 3. The minimum absolute atomic E-state index is 0.135. The molecule has 1 aromatic heterocycles. The highest BCUT2D eigenvalue weighted by Gasteiger charge is 2.33. The van der Waals surface area contributed by atoms with Crippen LogP contribution in [0.5, 0.6) is 0 Å². The molecule has 0 aromatic carbocycles. The van der Waals surface area contributed by atoms with E-state index in [4.69, 9.17) is 9.47 Å². The van der Waals surface area contributed by atoms with Crippen LogP contribution in [0.25, 0.3) is 0 Å². The number of aromatic nitrogens is 1. The molecule has 0 spiro atoms. The zero-order valence-electron chi connectivity index (χ0n) is 15.7. The summed E-state index contributed by atoms with van der Waals surface area (Å²) in [6.45, 7) is 5.78. The molecule has 2 heterocycles. The average molecular weight is 408 g/mol. The predicted octanol–water partition coefficient (Wildman–Crippen LogP) is 3.14. The third-order valence-corrected chi connectivity index (χ3v) is 4.96. The minimum atomic E-state index is -4.41. The number of guanidine groups is 1. The third-order valence-electron chi connectivity index (χ3n) is 4.13. The maximum absolute atomic E-state index is 12.6. The Bertz CT molecular complexity index is 587. The van der Waals surface area contributed by atoms with Gasteiger partial charge in [-0.3, -0.25) is 0 Å². The molecule has 0 unspecified atom stereocenters. The summed E-state index contributed by atoms with van der Waals surface area (Å²) in [4.78, 5) is 10.2. The number of nitrogens with zero attached hydrogens (tertiary/aromatic N) is 3. The summed E-state index contributed by atoms with van der Waals surface area (Å²) >= 11 is 0.982. The predicted molar refractivity (Wildman–Crippen MR) is 99.0 cm³/mol. The molecular weight excluding hydrogens is 381 g/mol. The fourth-order valence-electron chi connectivity index (χ4n) is 2.77. The van der Waals surface area contributed by atoms with Crippen molar-refractivity contribution < 1.29 is 22.6 Å². The van der Waals surface area contributed by atoms with E-state index in [1.54, 1.807) is 7.11 Å². The molecule has 0 bridgehead atoms. The monoisotopic (exact) mass is 408 g/mol. The fraction of sp³-hybridized carbons (Fsp3) is 0.765. The largest absolute Gasteiger partial charge is 0.434 e. The van der Waals surface area contributed by atoms with Crippen LogP contribution in [-0.4, -0.2) is 61.9 Å². The van der Waals surface area contributed by atoms with Crippen LogP contribution in [0.15, 0.2) is 10.4 Å². The Morgan fingerprint density at radius 2 is 2.11 bits per heavy atom. The number of likely N-dealkylation sites (tertiary alicyclic amines) is 1. The topological polar surface area (TPSA) is 59.0 Å². The second kappa shape index (κ2) is 10.8. The fourth-order valence-corrected chi connectivity index (χ4v) is 3.49. The van der Waals surface area contributed by atoms with Crippen LogP contribution in [0.2, 0.25) is 0 Å². The number of hydrogen-bond donors (Lipinski definition) is 1. The van der Waals surface area contributed by atoms with Crippen molar-refractivity contribution in [3.63, 3.8) is 0 Å². The van der Waals surface area contributed by atoms with E-state index < -0.39 is 11.9 Å². The van der Waals surface area contributed by atoms with Gasteiger partial charge in [-0.05, 0) is 26.2 Å². The van der Waals surface area contributed by atoms with Crippen LogP contribution < -0.4 is 5.32 Å². The average Bonchev–Trinajstić information content (AvgIpc) is 3.12. The Morgan fingerprint density at radius 1 is 1.37 bits per heavy atom. The molecule has 0 amide bonds. The molecule has 0 radical (unpaired) electrons. The second-order valence-corrected chi connectivity index (χ2v) is 7.14. The number of halogens is 3. The standard InChI is InChI=1S/C17H27F3N4O2S/c1-3-21-16(22-11-15-23-14(12-27-15)17(18,19)20)24-7-5-13(6-8-24)26-10-4-9-25-2/h12-13H,3-11H2,1-2H3,(H,21,22). The van der Waals surface area contributed by atoms with Crippen molar-refractivity contribution in [3.05, 3.63) is 16.1 Å². The lowest BCUT2D eigenvalue weighted by atomic mass is 10.1. The van der Waals surface area contributed by atoms with E-state index in [0.29, 0.717) is 30.7 Å². The highest BCUT2D eigenvalue weighted by molar-refractivity contribution is 7.09. The molecule has 154 valence electrons. The van der Waals surface area contributed by atoms with Crippen LogP contribution in [0.1, 0.15) is 36.9 Å². The van der Waals surface area contributed by atoms with Crippen LogP contribution in [-0.2, 0) is 22.2 Å². The molecule has 1 N–H and O–H groups in total. The van der Waals surface area contributed by atoms with Gasteiger partial charge in [0.2, 0.25) is 0 Å². The second-order valence-electron chi connectivity index (χ2n) is 6.20. The van der Waals surface area contributed by atoms with Crippen molar-refractivity contribution in [1.82, 2.24) is 15.2 Å².